The zero-order chi connectivity index (χ0) is 19.3. The van der Waals surface area contributed by atoms with Gasteiger partial charge in [-0.2, -0.15) is 26.3 Å². The van der Waals surface area contributed by atoms with Crippen LogP contribution in [0.3, 0.4) is 0 Å². The lowest BCUT2D eigenvalue weighted by Gasteiger charge is -2.16. The largest absolute Gasteiger partial charge is 0.416 e. The monoisotopic (exact) mass is 371 g/mol. The molecule has 0 aliphatic carbocycles. The standard InChI is InChI=1S/C14H15F6N3O2/c1-8(9-3-2-4-10(5-9)14(18,19)20)23-12(25)21-6-11(24)22-7-13(15,16)17/h2-5,8H,6-7H2,1H3,(H,22,24)(H2,21,23,25). The molecule has 11 heteroatoms. The van der Waals surface area contributed by atoms with Gasteiger partial charge in [0.1, 0.15) is 6.54 Å². The highest BCUT2D eigenvalue weighted by Crippen LogP contribution is 2.30. The summed E-state index contributed by atoms with van der Waals surface area (Å²) in [4.78, 5) is 22.7. The molecule has 5 nitrogen and oxygen atoms in total. The van der Waals surface area contributed by atoms with Crippen molar-refractivity contribution in [2.75, 3.05) is 13.1 Å². The third kappa shape index (κ3) is 7.77. The van der Waals surface area contributed by atoms with Gasteiger partial charge in [0.15, 0.2) is 0 Å². The quantitative estimate of drug-likeness (QED) is 0.697. The van der Waals surface area contributed by atoms with Crippen molar-refractivity contribution in [1.82, 2.24) is 16.0 Å². The first-order chi connectivity index (χ1) is 11.4. The number of benzene rings is 1. The fourth-order valence-electron chi connectivity index (χ4n) is 1.74. The van der Waals surface area contributed by atoms with E-state index in [1.807, 2.05) is 5.32 Å². The van der Waals surface area contributed by atoms with E-state index in [9.17, 15) is 35.9 Å². The van der Waals surface area contributed by atoms with Crippen molar-refractivity contribution in [3.8, 4) is 0 Å². The van der Waals surface area contributed by atoms with Gasteiger partial charge < -0.3 is 16.0 Å². The summed E-state index contributed by atoms with van der Waals surface area (Å²) in [5, 5.41) is 5.85. The number of alkyl halides is 6. The van der Waals surface area contributed by atoms with Crippen LogP contribution in [0.15, 0.2) is 24.3 Å². The number of amides is 3. The summed E-state index contributed by atoms with van der Waals surface area (Å²) >= 11 is 0. The number of rotatable bonds is 5. The SMILES string of the molecule is CC(NC(=O)NCC(=O)NCC(F)(F)F)c1cccc(C(F)(F)F)c1. The Morgan fingerprint density at radius 1 is 1.08 bits per heavy atom. The molecule has 140 valence electrons. The molecule has 1 aromatic carbocycles. The van der Waals surface area contributed by atoms with Crippen molar-refractivity contribution in [1.29, 1.82) is 0 Å². The van der Waals surface area contributed by atoms with Gasteiger partial charge in [-0.3, -0.25) is 4.79 Å². The van der Waals surface area contributed by atoms with Gasteiger partial charge in [0.05, 0.1) is 18.2 Å². The van der Waals surface area contributed by atoms with Crippen molar-refractivity contribution in [3.05, 3.63) is 35.4 Å². The fraction of sp³-hybridized carbons (Fsp3) is 0.429. The Bertz CT molecular complexity index is 615. The van der Waals surface area contributed by atoms with E-state index in [0.29, 0.717) is 0 Å². The van der Waals surface area contributed by atoms with E-state index < -0.39 is 49.0 Å². The molecule has 1 unspecified atom stereocenters. The minimum atomic E-state index is -4.57. The second kappa shape index (κ2) is 8.08. The van der Waals surface area contributed by atoms with Crippen molar-refractivity contribution in [2.45, 2.75) is 25.3 Å². The molecule has 3 amide bonds. The molecule has 25 heavy (non-hydrogen) atoms. The maximum atomic E-state index is 12.6. The van der Waals surface area contributed by atoms with Crippen LogP contribution in [0, 0.1) is 0 Å². The highest BCUT2D eigenvalue weighted by atomic mass is 19.4. The van der Waals surface area contributed by atoms with E-state index in [2.05, 4.69) is 5.32 Å². The Labute approximate surface area is 138 Å². The molecule has 0 aliphatic rings. The number of nitrogens with one attached hydrogen (secondary N) is 3. The van der Waals surface area contributed by atoms with Crippen LogP contribution in [0.2, 0.25) is 0 Å². The van der Waals surface area contributed by atoms with Crippen LogP contribution in [-0.4, -0.2) is 31.2 Å². The van der Waals surface area contributed by atoms with Crippen molar-refractivity contribution >= 4 is 11.9 Å². The van der Waals surface area contributed by atoms with Gasteiger partial charge in [0, 0.05) is 0 Å². The topological polar surface area (TPSA) is 70.2 Å². The van der Waals surface area contributed by atoms with Gasteiger partial charge in [0.25, 0.3) is 0 Å². The fourth-order valence-corrected chi connectivity index (χ4v) is 1.74. The molecule has 0 fully saturated rings. The zero-order valence-electron chi connectivity index (χ0n) is 12.9. The van der Waals surface area contributed by atoms with Gasteiger partial charge in [-0.25, -0.2) is 4.79 Å². The Kier molecular flexibility index (Phi) is 6.65. The van der Waals surface area contributed by atoms with Crippen molar-refractivity contribution in [2.24, 2.45) is 0 Å². The average molecular weight is 371 g/mol. The molecule has 1 rings (SSSR count). The normalized spacial score (nSPS) is 13.1. The number of carbonyl (C=O) groups is 2. The summed E-state index contributed by atoms with van der Waals surface area (Å²) in [5.74, 6) is -1.06. The van der Waals surface area contributed by atoms with Crippen molar-refractivity contribution in [3.63, 3.8) is 0 Å². The van der Waals surface area contributed by atoms with Crippen molar-refractivity contribution < 1.29 is 35.9 Å². The van der Waals surface area contributed by atoms with Gasteiger partial charge in [0.2, 0.25) is 5.91 Å². The molecule has 1 aromatic rings. The van der Waals surface area contributed by atoms with Gasteiger partial charge >= 0.3 is 18.4 Å². The summed E-state index contributed by atoms with van der Waals surface area (Å²) in [6.07, 6.45) is -9.11. The summed E-state index contributed by atoms with van der Waals surface area (Å²) in [7, 11) is 0. The lowest BCUT2D eigenvalue weighted by atomic mass is 10.1. The van der Waals surface area contributed by atoms with Crippen LogP contribution in [0.25, 0.3) is 0 Å². The summed E-state index contributed by atoms with van der Waals surface area (Å²) in [5.41, 5.74) is -0.711. The molecule has 0 aliphatic heterocycles. The number of urea groups is 1. The van der Waals surface area contributed by atoms with E-state index in [1.54, 1.807) is 5.32 Å². The third-order valence-electron chi connectivity index (χ3n) is 2.96. The van der Waals surface area contributed by atoms with Gasteiger partial charge in [-0.05, 0) is 24.6 Å². The third-order valence-corrected chi connectivity index (χ3v) is 2.96. The molecule has 0 heterocycles. The minimum absolute atomic E-state index is 0.173. The minimum Gasteiger partial charge on any atom is -0.345 e. The van der Waals surface area contributed by atoms with E-state index in [0.717, 1.165) is 12.1 Å². The van der Waals surface area contributed by atoms with E-state index in [1.165, 1.54) is 19.1 Å². The second-order valence-corrected chi connectivity index (χ2v) is 5.06. The van der Waals surface area contributed by atoms with Crippen LogP contribution in [0.4, 0.5) is 31.1 Å². The van der Waals surface area contributed by atoms with Gasteiger partial charge in [-0.15, -0.1) is 0 Å². The molecule has 0 radical (unpaired) electrons. The molecule has 0 saturated carbocycles. The molecule has 0 spiro atoms. The summed E-state index contributed by atoms with van der Waals surface area (Å²) < 4.78 is 73.6. The number of carbonyl (C=O) groups excluding carboxylic acids is 2. The first-order valence-electron chi connectivity index (χ1n) is 6.93. The van der Waals surface area contributed by atoms with Crippen LogP contribution >= 0.6 is 0 Å². The lowest BCUT2D eigenvalue weighted by Crippen LogP contribution is -2.44. The van der Waals surface area contributed by atoms with Crippen LogP contribution in [-0.2, 0) is 11.0 Å². The summed E-state index contributed by atoms with van der Waals surface area (Å²) in [6.45, 7) is -0.828. The van der Waals surface area contributed by atoms with Crippen LogP contribution in [0.1, 0.15) is 24.1 Å². The molecule has 3 N–H and O–H groups in total. The lowest BCUT2D eigenvalue weighted by molar-refractivity contribution is -0.137. The highest BCUT2D eigenvalue weighted by Gasteiger charge is 2.31. The first-order valence-corrected chi connectivity index (χ1v) is 6.93. The number of hydrogen-bond donors (Lipinski definition) is 3. The maximum Gasteiger partial charge on any atom is 0.416 e. The Hall–Kier alpha value is -2.46. The van der Waals surface area contributed by atoms with Gasteiger partial charge in [-0.1, -0.05) is 12.1 Å². The van der Waals surface area contributed by atoms with Crippen LogP contribution in [0.5, 0.6) is 0 Å². The molecular formula is C14H15F6N3O2. The Morgan fingerprint density at radius 3 is 2.28 bits per heavy atom. The summed E-state index contributed by atoms with van der Waals surface area (Å²) in [6, 6.07) is 2.56. The Morgan fingerprint density at radius 2 is 1.72 bits per heavy atom. The van der Waals surface area contributed by atoms with E-state index >= 15 is 0 Å². The number of halogens is 6. The predicted octanol–water partition coefficient (Wildman–Crippen LogP) is 2.74. The average Bonchev–Trinajstić information content (AvgIpc) is 2.49. The number of hydrogen-bond acceptors (Lipinski definition) is 2. The second-order valence-electron chi connectivity index (χ2n) is 5.06. The predicted molar refractivity (Wildman–Crippen MR) is 75.5 cm³/mol. The van der Waals surface area contributed by atoms with E-state index in [-0.39, 0.29) is 5.56 Å². The molecule has 0 saturated heterocycles. The molecule has 1 atom stereocenters. The maximum absolute atomic E-state index is 12.6. The molecular weight excluding hydrogens is 356 g/mol. The smallest absolute Gasteiger partial charge is 0.345 e. The van der Waals surface area contributed by atoms with E-state index in [4.69, 9.17) is 0 Å². The highest BCUT2D eigenvalue weighted by molar-refractivity contribution is 5.84. The van der Waals surface area contributed by atoms with Crippen LogP contribution < -0.4 is 16.0 Å². The first kappa shape index (κ1) is 20.6. The zero-order valence-corrected chi connectivity index (χ0v) is 12.9. The molecule has 0 aromatic heterocycles. The Balaban J connectivity index is 2.51. The molecule has 0 bridgehead atoms.